The Labute approximate surface area is 115 Å². The second-order valence-electron chi connectivity index (χ2n) is 4.15. The van der Waals surface area contributed by atoms with Gasteiger partial charge < -0.3 is 9.64 Å². The number of nitrogens with zero attached hydrogens (tertiary/aromatic N) is 2. The molecule has 1 aromatic heterocycles. The maximum atomic E-state index is 5.77. The molecular weight excluding hydrogens is 292 g/mol. The zero-order valence-corrected chi connectivity index (χ0v) is 11.4. The molecule has 18 heavy (non-hydrogen) atoms. The molecule has 0 saturated heterocycles. The fraction of sp³-hybridized carbons (Fsp3) is 0.214. The van der Waals surface area contributed by atoms with Crippen molar-refractivity contribution in [2.75, 3.05) is 18.1 Å². The Morgan fingerprint density at radius 1 is 1.17 bits per heavy atom. The third kappa shape index (κ3) is 2.08. The van der Waals surface area contributed by atoms with Crippen LogP contribution in [0.3, 0.4) is 0 Å². The normalized spacial score (nSPS) is 14.6. The lowest BCUT2D eigenvalue weighted by molar-refractivity contribution is 0.322. The molecule has 2 aromatic rings. The van der Waals surface area contributed by atoms with Crippen LogP contribution >= 0.6 is 15.9 Å². The number of pyridine rings is 1. The number of anilines is 2. The fourth-order valence-corrected chi connectivity index (χ4v) is 2.63. The van der Waals surface area contributed by atoms with E-state index in [0.717, 1.165) is 41.2 Å². The first-order valence-corrected chi connectivity index (χ1v) is 6.74. The van der Waals surface area contributed by atoms with Gasteiger partial charge in [-0.3, -0.25) is 4.98 Å². The van der Waals surface area contributed by atoms with Gasteiger partial charge in [0.1, 0.15) is 5.75 Å². The molecule has 0 radical (unpaired) electrons. The van der Waals surface area contributed by atoms with Crippen molar-refractivity contribution in [2.45, 2.75) is 6.42 Å². The Bertz CT molecular complexity index is 559. The fourth-order valence-electron chi connectivity index (χ4n) is 2.16. The van der Waals surface area contributed by atoms with Crippen LogP contribution in [0, 0.1) is 0 Å². The van der Waals surface area contributed by atoms with Gasteiger partial charge in [-0.2, -0.15) is 0 Å². The van der Waals surface area contributed by atoms with Crippen LogP contribution in [-0.2, 0) is 0 Å². The second kappa shape index (κ2) is 4.98. The van der Waals surface area contributed by atoms with Crippen molar-refractivity contribution in [3.8, 4) is 5.75 Å². The van der Waals surface area contributed by atoms with E-state index in [2.05, 4.69) is 31.9 Å². The third-order valence-electron chi connectivity index (χ3n) is 2.98. The second-order valence-corrected chi connectivity index (χ2v) is 5.00. The highest BCUT2D eigenvalue weighted by Gasteiger charge is 2.18. The van der Waals surface area contributed by atoms with Crippen LogP contribution in [0.25, 0.3) is 0 Å². The van der Waals surface area contributed by atoms with Gasteiger partial charge in [0.2, 0.25) is 0 Å². The van der Waals surface area contributed by atoms with Crippen molar-refractivity contribution in [2.24, 2.45) is 0 Å². The van der Waals surface area contributed by atoms with Crippen molar-refractivity contribution in [3.63, 3.8) is 0 Å². The van der Waals surface area contributed by atoms with E-state index < -0.39 is 0 Å². The van der Waals surface area contributed by atoms with Crippen LogP contribution in [0.1, 0.15) is 6.42 Å². The smallest absolute Gasteiger partial charge is 0.142 e. The molecule has 0 N–H and O–H groups in total. The van der Waals surface area contributed by atoms with E-state index in [1.807, 2.05) is 36.7 Å². The van der Waals surface area contributed by atoms with Crippen LogP contribution in [-0.4, -0.2) is 18.1 Å². The monoisotopic (exact) mass is 304 g/mol. The van der Waals surface area contributed by atoms with E-state index in [1.165, 1.54) is 0 Å². The number of fused-ring (bicyclic) bond motifs is 1. The first kappa shape index (κ1) is 11.5. The summed E-state index contributed by atoms with van der Waals surface area (Å²) >= 11 is 3.56. The molecule has 1 aliphatic rings. The van der Waals surface area contributed by atoms with Gasteiger partial charge in [0.15, 0.2) is 0 Å². The molecule has 2 heterocycles. The molecule has 0 bridgehead atoms. The average molecular weight is 305 g/mol. The summed E-state index contributed by atoms with van der Waals surface area (Å²) in [5, 5.41) is 0. The van der Waals surface area contributed by atoms with Crippen LogP contribution in [0.5, 0.6) is 5.75 Å². The quantitative estimate of drug-likeness (QED) is 0.802. The number of hydrogen-bond acceptors (Lipinski definition) is 3. The van der Waals surface area contributed by atoms with E-state index in [4.69, 9.17) is 4.74 Å². The van der Waals surface area contributed by atoms with E-state index in [9.17, 15) is 0 Å². The van der Waals surface area contributed by atoms with Gasteiger partial charge in [-0.05, 0) is 40.5 Å². The molecule has 0 saturated carbocycles. The topological polar surface area (TPSA) is 25.4 Å². The summed E-state index contributed by atoms with van der Waals surface area (Å²) < 4.78 is 6.77. The molecule has 0 amide bonds. The van der Waals surface area contributed by atoms with Crippen molar-refractivity contribution in [3.05, 3.63) is 47.2 Å². The zero-order chi connectivity index (χ0) is 12.4. The zero-order valence-electron chi connectivity index (χ0n) is 9.84. The number of hydrogen-bond donors (Lipinski definition) is 0. The molecule has 0 unspecified atom stereocenters. The summed E-state index contributed by atoms with van der Waals surface area (Å²) in [5.74, 6) is 0.943. The highest BCUT2D eigenvalue weighted by molar-refractivity contribution is 9.10. The number of benzene rings is 1. The number of halogens is 1. The van der Waals surface area contributed by atoms with Gasteiger partial charge in [-0.25, -0.2) is 0 Å². The summed E-state index contributed by atoms with van der Waals surface area (Å²) in [7, 11) is 0. The van der Waals surface area contributed by atoms with Gasteiger partial charge in [0.25, 0.3) is 0 Å². The predicted octanol–water partition coefficient (Wildman–Crippen LogP) is 3.76. The van der Waals surface area contributed by atoms with Crippen LogP contribution in [0.2, 0.25) is 0 Å². The minimum atomic E-state index is 0.760. The lowest BCUT2D eigenvalue weighted by Crippen LogP contribution is -2.18. The minimum Gasteiger partial charge on any atom is -0.491 e. The van der Waals surface area contributed by atoms with Gasteiger partial charge >= 0.3 is 0 Å². The Balaban J connectivity index is 2.10. The SMILES string of the molecule is Brc1cnccc1N1CCCOc2ccccc21. The van der Waals surface area contributed by atoms with Crippen molar-refractivity contribution < 1.29 is 4.74 Å². The third-order valence-corrected chi connectivity index (χ3v) is 3.59. The maximum Gasteiger partial charge on any atom is 0.142 e. The molecule has 4 heteroatoms. The molecule has 1 aromatic carbocycles. The van der Waals surface area contributed by atoms with Crippen LogP contribution < -0.4 is 9.64 Å². The minimum absolute atomic E-state index is 0.760. The summed E-state index contributed by atoms with van der Waals surface area (Å²) in [6, 6.07) is 10.2. The van der Waals surface area contributed by atoms with E-state index >= 15 is 0 Å². The number of rotatable bonds is 1. The van der Waals surface area contributed by atoms with E-state index in [0.29, 0.717) is 0 Å². The Morgan fingerprint density at radius 2 is 2.06 bits per heavy atom. The first-order chi connectivity index (χ1) is 8.86. The summed E-state index contributed by atoms with van der Waals surface area (Å²) in [4.78, 5) is 6.39. The van der Waals surface area contributed by atoms with Crippen LogP contribution in [0.15, 0.2) is 47.2 Å². The van der Waals surface area contributed by atoms with Crippen molar-refractivity contribution in [1.82, 2.24) is 4.98 Å². The number of para-hydroxylation sites is 2. The Hall–Kier alpha value is -1.55. The molecule has 0 spiro atoms. The van der Waals surface area contributed by atoms with Gasteiger partial charge in [0.05, 0.1) is 22.5 Å². The molecule has 0 fully saturated rings. The standard InChI is InChI=1S/C14H13BrN2O/c15-11-10-16-7-6-12(11)17-8-3-9-18-14-5-2-1-4-13(14)17/h1-2,4-7,10H,3,8-9H2. The Morgan fingerprint density at radius 3 is 2.94 bits per heavy atom. The van der Waals surface area contributed by atoms with Gasteiger partial charge in [0, 0.05) is 18.9 Å². The number of aromatic nitrogens is 1. The molecule has 92 valence electrons. The van der Waals surface area contributed by atoms with E-state index in [1.54, 1.807) is 0 Å². The van der Waals surface area contributed by atoms with Gasteiger partial charge in [-0.1, -0.05) is 12.1 Å². The van der Waals surface area contributed by atoms with Crippen LogP contribution in [0.4, 0.5) is 11.4 Å². The first-order valence-electron chi connectivity index (χ1n) is 5.95. The molecule has 0 atom stereocenters. The maximum absolute atomic E-state index is 5.77. The Kier molecular flexibility index (Phi) is 3.19. The average Bonchev–Trinajstić information content (AvgIpc) is 2.62. The molecule has 0 aliphatic carbocycles. The molecular formula is C14H13BrN2O. The summed E-state index contributed by atoms with van der Waals surface area (Å²) in [5.41, 5.74) is 2.24. The van der Waals surface area contributed by atoms with Crippen molar-refractivity contribution >= 4 is 27.3 Å². The van der Waals surface area contributed by atoms with Crippen molar-refractivity contribution in [1.29, 1.82) is 0 Å². The lowest BCUT2D eigenvalue weighted by Gasteiger charge is -2.24. The lowest BCUT2D eigenvalue weighted by atomic mass is 10.2. The summed E-state index contributed by atoms with van der Waals surface area (Å²) in [6.45, 7) is 1.70. The van der Waals surface area contributed by atoms with E-state index in [-0.39, 0.29) is 0 Å². The number of ether oxygens (including phenoxy) is 1. The largest absolute Gasteiger partial charge is 0.491 e. The molecule has 3 rings (SSSR count). The van der Waals surface area contributed by atoms with Gasteiger partial charge in [-0.15, -0.1) is 0 Å². The highest BCUT2D eigenvalue weighted by Crippen LogP contribution is 2.38. The summed E-state index contributed by atoms with van der Waals surface area (Å²) in [6.07, 6.45) is 4.64. The molecule has 3 nitrogen and oxygen atoms in total. The predicted molar refractivity (Wildman–Crippen MR) is 75.5 cm³/mol. The molecule has 1 aliphatic heterocycles. The highest BCUT2D eigenvalue weighted by atomic mass is 79.9.